The third-order valence-electron chi connectivity index (χ3n) is 1.34. The molecule has 2 aromatic rings. The van der Waals surface area contributed by atoms with Crippen molar-refractivity contribution in [3.05, 3.63) is 30.7 Å². The van der Waals surface area contributed by atoms with Gasteiger partial charge in [-0.25, -0.2) is 0 Å². The molecule has 0 bridgehead atoms. The lowest BCUT2D eigenvalue weighted by molar-refractivity contribution is 1.04. The molecule has 0 saturated heterocycles. The zero-order chi connectivity index (χ0) is 8.23. The Morgan fingerprint density at radius 1 is 1.38 bits per heavy atom. The number of halogens is 1. The number of aromatic amines is 1. The Morgan fingerprint density at radius 2 is 2.31 bits per heavy atom. The second-order valence-corrected chi connectivity index (χ2v) is 2.22. The van der Waals surface area contributed by atoms with E-state index in [0.717, 1.165) is 5.69 Å². The Labute approximate surface area is 81.0 Å². The van der Waals surface area contributed by atoms with Gasteiger partial charge in [0, 0.05) is 12.4 Å². The van der Waals surface area contributed by atoms with Crippen LogP contribution in [0.5, 0.6) is 0 Å². The fraction of sp³-hybridized carbons (Fsp3) is 0. The molecule has 0 amide bonds. The van der Waals surface area contributed by atoms with Crippen molar-refractivity contribution in [2.45, 2.75) is 0 Å². The highest BCUT2D eigenvalue weighted by atomic mass is 35.5. The van der Waals surface area contributed by atoms with E-state index < -0.39 is 0 Å². The van der Waals surface area contributed by atoms with E-state index in [1.807, 2.05) is 12.1 Å². The third-order valence-corrected chi connectivity index (χ3v) is 1.34. The van der Waals surface area contributed by atoms with Crippen LogP contribution in [0, 0.1) is 0 Å². The molecule has 0 aliphatic heterocycles. The molecule has 0 aliphatic rings. The Balaban J connectivity index is 0.000000845. The molecule has 0 radical (unpaired) electrons. The van der Waals surface area contributed by atoms with Crippen LogP contribution < -0.4 is 5.32 Å². The first-order chi connectivity index (χ1) is 5.95. The van der Waals surface area contributed by atoms with E-state index in [1.165, 1.54) is 0 Å². The highest BCUT2D eigenvalue weighted by Gasteiger charge is 1.94. The largest absolute Gasteiger partial charge is 0.336 e. The lowest BCUT2D eigenvalue weighted by Crippen LogP contribution is -1.92. The topological polar surface area (TPSA) is 66.5 Å². The Hall–Kier alpha value is -1.62. The molecule has 13 heavy (non-hydrogen) atoms. The predicted octanol–water partition coefficient (Wildman–Crippen LogP) is 1.37. The van der Waals surface area contributed by atoms with Crippen LogP contribution in [0.1, 0.15) is 0 Å². The molecule has 2 N–H and O–H groups in total. The fourth-order valence-corrected chi connectivity index (χ4v) is 0.835. The van der Waals surface area contributed by atoms with Gasteiger partial charge in [-0.15, -0.1) is 17.5 Å². The molecule has 2 aromatic heterocycles. The number of nitrogens with one attached hydrogen (secondary N) is 2. The minimum Gasteiger partial charge on any atom is -0.336 e. The summed E-state index contributed by atoms with van der Waals surface area (Å²) in [6.45, 7) is 0. The average Bonchev–Trinajstić information content (AvgIpc) is 2.59. The lowest BCUT2D eigenvalue weighted by atomic mass is 10.5. The minimum absolute atomic E-state index is 0. The predicted molar refractivity (Wildman–Crippen MR) is 51.2 cm³/mol. The second kappa shape index (κ2) is 4.42. The van der Waals surface area contributed by atoms with E-state index in [1.54, 1.807) is 18.6 Å². The van der Waals surface area contributed by atoms with Crippen molar-refractivity contribution in [1.82, 2.24) is 20.4 Å². The molecule has 0 aromatic carbocycles. The first-order valence-electron chi connectivity index (χ1n) is 3.48. The number of hydrogen-bond donors (Lipinski definition) is 2. The Morgan fingerprint density at radius 3 is 2.92 bits per heavy atom. The van der Waals surface area contributed by atoms with Gasteiger partial charge in [-0.3, -0.25) is 5.10 Å². The summed E-state index contributed by atoms with van der Waals surface area (Å²) in [5.74, 6) is 0.707. The highest BCUT2D eigenvalue weighted by molar-refractivity contribution is 5.85. The smallest absolute Gasteiger partial charge is 0.153 e. The van der Waals surface area contributed by atoms with Gasteiger partial charge < -0.3 is 5.32 Å². The number of H-pyrrole nitrogens is 1. The molecule has 2 heterocycles. The number of rotatable bonds is 2. The first-order valence-corrected chi connectivity index (χ1v) is 3.48. The summed E-state index contributed by atoms with van der Waals surface area (Å²) in [4.78, 5) is 0. The molecule has 5 nitrogen and oxygen atoms in total. The maximum Gasteiger partial charge on any atom is 0.153 e. The van der Waals surface area contributed by atoms with Gasteiger partial charge in [0.15, 0.2) is 5.82 Å². The van der Waals surface area contributed by atoms with Crippen molar-refractivity contribution in [3.8, 4) is 0 Å². The van der Waals surface area contributed by atoms with E-state index in [-0.39, 0.29) is 12.4 Å². The molecule has 0 atom stereocenters. The average molecular weight is 198 g/mol. The number of aromatic nitrogens is 4. The van der Waals surface area contributed by atoms with Gasteiger partial charge in [0.05, 0.1) is 11.9 Å². The van der Waals surface area contributed by atoms with Crippen LogP contribution in [0.25, 0.3) is 0 Å². The van der Waals surface area contributed by atoms with Crippen LogP contribution in [-0.2, 0) is 0 Å². The van der Waals surface area contributed by atoms with Gasteiger partial charge in [0.1, 0.15) is 0 Å². The van der Waals surface area contributed by atoms with E-state index in [4.69, 9.17) is 0 Å². The van der Waals surface area contributed by atoms with Crippen LogP contribution >= 0.6 is 12.4 Å². The van der Waals surface area contributed by atoms with Crippen molar-refractivity contribution < 1.29 is 0 Å². The quantitative estimate of drug-likeness (QED) is 0.763. The SMILES string of the molecule is Cl.c1cnnc(Nc2cn[nH]c2)c1. The van der Waals surface area contributed by atoms with Gasteiger partial charge in [-0.05, 0) is 12.1 Å². The molecule has 0 aliphatic carbocycles. The number of hydrogen-bond acceptors (Lipinski definition) is 4. The Kier molecular flexibility index (Phi) is 3.22. The summed E-state index contributed by atoms with van der Waals surface area (Å²) < 4.78 is 0. The van der Waals surface area contributed by atoms with Crippen LogP contribution in [0.2, 0.25) is 0 Å². The molecule has 0 saturated carbocycles. The summed E-state index contributed by atoms with van der Waals surface area (Å²) in [6.07, 6.45) is 5.05. The molecule has 6 heteroatoms. The number of anilines is 2. The van der Waals surface area contributed by atoms with E-state index in [0.29, 0.717) is 5.82 Å². The van der Waals surface area contributed by atoms with Gasteiger partial charge in [0.25, 0.3) is 0 Å². The second-order valence-electron chi connectivity index (χ2n) is 2.22. The van der Waals surface area contributed by atoms with Crippen LogP contribution in [0.3, 0.4) is 0 Å². The van der Waals surface area contributed by atoms with Gasteiger partial charge >= 0.3 is 0 Å². The third kappa shape index (κ3) is 2.41. The zero-order valence-electron chi connectivity index (χ0n) is 6.64. The normalized spacial score (nSPS) is 8.92. The molecule has 0 unspecified atom stereocenters. The maximum atomic E-state index is 3.85. The first kappa shape index (κ1) is 9.47. The molecular formula is C7H8ClN5. The molecule has 2 rings (SSSR count). The number of nitrogens with zero attached hydrogens (tertiary/aromatic N) is 3. The van der Waals surface area contributed by atoms with Gasteiger partial charge in [-0.1, -0.05) is 0 Å². The summed E-state index contributed by atoms with van der Waals surface area (Å²) in [5.41, 5.74) is 0.871. The van der Waals surface area contributed by atoms with Gasteiger partial charge in [0.2, 0.25) is 0 Å². The summed E-state index contributed by atoms with van der Waals surface area (Å²) >= 11 is 0. The maximum absolute atomic E-state index is 3.85. The summed E-state index contributed by atoms with van der Waals surface area (Å²) in [5, 5.41) is 17.1. The van der Waals surface area contributed by atoms with E-state index >= 15 is 0 Å². The Bertz CT molecular complexity index is 333. The van der Waals surface area contributed by atoms with Crippen LogP contribution in [0.15, 0.2) is 30.7 Å². The van der Waals surface area contributed by atoms with E-state index in [9.17, 15) is 0 Å². The summed E-state index contributed by atoms with van der Waals surface area (Å²) in [6, 6.07) is 3.65. The molecular weight excluding hydrogens is 190 g/mol. The van der Waals surface area contributed by atoms with Crippen LogP contribution in [-0.4, -0.2) is 20.4 Å². The monoisotopic (exact) mass is 197 g/mol. The van der Waals surface area contributed by atoms with E-state index in [2.05, 4.69) is 25.7 Å². The summed E-state index contributed by atoms with van der Waals surface area (Å²) in [7, 11) is 0. The van der Waals surface area contributed by atoms with Crippen LogP contribution in [0.4, 0.5) is 11.5 Å². The molecule has 68 valence electrons. The van der Waals surface area contributed by atoms with Crippen molar-refractivity contribution in [2.75, 3.05) is 5.32 Å². The van der Waals surface area contributed by atoms with Crippen molar-refractivity contribution in [1.29, 1.82) is 0 Å². The van der Waals surface area contributed by atoms with Crippen molar-refractivity contribution >= 4 is 23.9 Å². The molecule has 0 fully saturated rings. The highest BCUT2D eigenvalue weighted by Crippen LogP contribution is 2.09. The minimum atomic E-state index is 0. The zero-order valence-corrected chi connectivity index (χ0v) is 7.45. The fourth-order valence-electron chi connectivity index (χ4n) is 0.835. The van der Waals surface area contributed by atoms with Gasteiger partial charge in [-0.2, -0.15) is 10.2 Å². The lowest BCUT2D eigenvalue weighted by Gasteiger charge is -1.98. The standard InChI is InChI=1S/C7H7N5.ClH/c1-2-7(12-8-3-1)11-6-4-9-10-5-6;/h1-5H,(H,9,10)(H,11,12);1H. The molecule has 0 spiro atoms. The van der Waals surface area contributed by atoms with Crippen molar-refractivity contribution in [2.24, 2.45) is 0 Å². The van der Waals surface area contributed by atoms with Crippen molar-refractivity contribution in [3.63, 3.8) is 0 Å².